The first kappa shape index (κ1) is 12.1. The van der Waals surface area contributed by atoms with Gasteiger partial charge in [-0.05, 0) is 32.4 Å². The second kappa shape index (κ2) is 5.79. The molecule has 17 heavy (non-hydrogen) atoms. The second-order valence-corrected chi connectivity index (χ2v) is 4.59. The van der Waals surface area contributed by atoms with Gasteiger partial charge in [0.2, 0.25) is 0 Å². The van der Waals surface area contributed by atoms with Crippen molar-refractivity contribution in [1.29, 1.82) is 0 Å². The highest BCUT2D eigenvalue weighted by Gasteiger charge is 2.16. The molecule has 2 rings (SSSR count). The topological polar surface area (TPSA) is 79.1 Å². The normalized spacial score (nSPS) is 21.2. The third-order valence-electron chi connectivity index (χ3n) is 3.08. The minimum absolute atomic E-state index is 0.579. The van der Waals surface area contributed by atoms with E-state index in [0.717, 1.165) is 18.9 Å². The molecule has 2 heterocycles. The van der Waals surface area contributed by atoms with E-state index in [0.29, 0.717) is 11.7 Å². The fourth-order valence-electron chi connectivity index (χ4n) is 2.21. The molecule has 4 N–H and O–H groups in total. The van der Waals surface area contributed by atoms with Crippen molar-refractivity contribution in [1.82, 2.24) is 14.9 Å². The number of hydrogen-bond donors (Lipinski definition) is 3. The lowest BCUT2D eigenvalue weighted by Crippen LogP contribution is -2.35. The lowest BCUT2D eigenvalue weighted by molar-refractivity contribution is 0.217. The highest BCUT2D eigenvalue weighted by molar-refractivity contribution is 5.40. The number of piperidine rings is 1. The van der Waals surface area contributed by atoms with Gasteiger partial charge in [-0.25, -0.2) is 10.8 Å². The zero-order chi connectivity index (χ0) is 12.1. The van der Waals surface area contributed by atoms with Gasteiger partial charge in [0.25, 0.3) is 0 Å². The van der Waals surface area contributed by atoms with Gasteiger partial charge in [0, 0.05) is 13.1 Å². The molecule has 0 bridgehead atoms. The number of anilines is 2. The summed E-state index contributed by atoms with van der Waals surface area (Å²) >= 11 is 0. The number of aromatic nitrogens is 2. The van der Waals surface area contributed by atoms with Crippen LogP contribution in [0.5, 0.6) is 0 Å². The molecule has 1 aliphatic rings. The van der Waals surface area contributed by atoms with Crippen molar-refractivity contribution < 1.29 is 0 Å². The number of hydrazine groups is 1. The lowest BCUT2D eigenvalue weighted by atomic mass is 9.98. The van der Waals surface area contributed by atoms with Crippen LogP contribution in [-0.2, 0) is 0 Å². The van der Waals surface area contributed by atoms with E-state index in [1.54, 1.807) is 12.4 Å². The van der Waals surface area contributed by atoms with Gasteiger partial charge in [0.15, 0.2) is 5.82 Å². The number of nitrogen functional groups attached to an aromatic ring is 1. The summed E-state index contributed by atoms with van der Waals surface area (Å²) in [5.41, 5.74) is 2.49. The van der Waals surface area contributed by atoms with Crippen LogP contribution in [-0.4, -0.2) is 41.5 Å². The molecule has 1 aromatic rings. The van der Waals surface area contributed by atoms with Crippen molar-refractivity contribution >= 4 is 11.6 Å². The summed E-state index contributed by atoms with van der Waals surface area (Å²) in [6.45, 7) is 3.30. The van der Waals surface area contributed by atoms with Gasteiger partial charge in [-0.3, -0.25) is 4.98 Å². The van der Waals surface area contributed by atoms with Crippen molar-refractivity contribution in [3.05, 3.63) is 12.4 Å². The van der Waals surface area contributed by atoms with Crippen molar-refractivity contribution in [2.24, 2.45) is 11.8 Å². The van der Waals surface area contributed by atoms with Gasteiger partial charge in [0.05, 0.1) is 12.4 Å². The smallest absolute Gasteiger partial charge is 0.160 e. The first-order valence-corrected chi connectivity index (χ1v) is 5.99. The Morgan fingerprint density at radius 2 is 2.29 bits per heavy atom. The Bertz CT molecular complexity index is 356. The van der Waals surface area contributed by atoms with E-state index in [9.17, 15) is 0 Å². The van der Waals surface area contributed by atoms with Crippen LogP contribution in [0, 0.1) is 5.92 Å². The number of likely N-dealkylation sites (tertiary alicyclic amines) is 1. The van der Waals surface area contributed by atoms with Crippen molar-refractivity contribution in [2.45, 2.75) is 12.8 Å². The number of hydrogen-bond acceptors (Lipinski definition) is 6. The molecule has 0 spiro atoms. The Kier molecular flexibility index (Phi) is 4.11. The van der Waals surface area contributed by atoms with Crippen molar-refractivity contribution in [2.75, 3.05) is 37.4 Å². The van der Waals surface area contributed by atoms with Gasteiger partial charge in [-0.1, -0.05) is 0 Å². The Labute approximate surface area is 102 Å². The summed E-state index contributed by atoms with van der Waals surface area (Å²) in [7, 11) is 2.17. The van der Waals surface area contributed by atoms with Gasteiger partial charge in [-0.2, -0.15) is 0 Å². The molecule has 0 saturated carbocycles. The van der Waals surface area contributed by atoms with Crippen LogP contribution in [0.2, 0.25) is 0 Å². The van der Waals surface area contributed by atoms with E-state index < -0.39 is 0 Å². The molecule has 94 valence electrons. The first-order chi connectivity index (χ1) is 8.28. The SMILES string of the molecule is CN1CCCC(CNc2cncc(NN)n2)C1. The number of nitrogens with one attached hydrogen (secondary N) is 2. The molecule has 6 heteroatoms. The molecular weight excluding hydrogens is 216 g/mol. The molecule has 0 radical (unpaired) electrons. The summed E-state index contributed by atoms with van der Waals surface area (Å²) in [4.78, 5) is 10.7. The molecule has 1 unspecified atom stereocenters. The second-order valence-electron chi connectivity index (χ2n) is 4.59. The van der Waals surface area contributed by atoms with Crippen LogP contribution < -0.4 is 16.6 Å². The quantitative estimate of drug-likeness (QED) is 0.522. The average Bonchev–Trinajstić information content (AvgIpc) is 2.37. The predicted octanol–water partition coefficient (Wildman–Crippen LogP) is 0.516. The van der Waals surface area contributed by atoms with Gasteiger partial charge in [-0.15, -0.1) is 0 Å². The third kappa shape index (κ3) is 3.54. The molecule has 0 amide bonds. The molecule has 1 saturated heterocycles. The Hall–Kier alpha value is -1.40. The molecule has 1 fully saturated rings. The van der Waals surface area contributed by atoms with E-state index in [4.69, 9.17) is 5.84 Å². The molecule has 6 nitrogen and oxygen atoms in total. The first-order valence-electron chi connectivity index (χ1n) is 5.99. The van der Waals surface area contributed by atoms with Crippen molar-refractivity contribution in [3.8, 4) is 0 Å². The molecule has 1 aliphatic heterocycles. The van der Waals surface area contributed by atoms with E-state index in [-0.39, 0.29) is 0 Å². The zero-order valence-electron chi connectivity index (χ0n) is 10.2. The van der Waals surface area contributed by atoms with E-state index in [1.165, 1.54) is 19.4 Å². The Morgan fingerprint density at radius 1 is 1.47 bits per heavy atom. The van der Waals surface area contributed by atoms with E-state index in [1.807, 2.05) is 0 Å². The highest BCUT2D eigenvalue weighted by atomic mass is 15.3. The maximum Gasteiger partial charge on any atom is 0.160 e. The van der Waals surface area contributed by atoms with E-state index >= 15 is 0 Å². The molecule has 1 atom stereocenters. The summed E-state index contributed by atoms with van der Waals surface area (Å²) in [6.07, 6.45) is 5.87. The Balaban J connectivity index is 1.84. The summed E-state index contributed by atoms with van der Waals surface area (Å²) in [5.74, 6) is 7.33. The van der Waals surface area contributed by atoms with Gasteiger partial charge < -0.3 is 15.6 Å². The minimum Gasteiger partial charge on any atom is -0.368 e. The van der Waals surface area contributed by atoms with Crippen LogP contribution in [0.1, 0.15) is 12.8 Å². The molecule has 0 aliphatic carbocycles. The van der Waals surface area contributed by atoms with Crippen LogP contribution >= 0.6 is 0 Å². The zero-order valence-corrected chi connectivity index (χ0v) is 10.2. The maximum atomic E-state index is 5.29. The molecule has 0 aromatic carbocycles. The number of rotatable bonds is 4. The standard InChI is InChI=1S/C11H20N6/c1-17-4-2-3-9(8-17)5-14-10-6-13-7-11(15-10)16-12/h6-7,9H,2-5,8,12H2,1H3,(H2,14,15,16). The average molecular weight is 236 g/mol. The fraction of sp³-hybridized carbons (Fsp3) is 0.636. The van der Waals surface area contributed by atoms with E-state index in [2.05, 4.69) is 32.7 Å². The largest absolute Gasteiger partial charge is 0.368 e. The van der Waals surface area contributed by atoms with Crippen LogP contribution in [0.25, 0.3) is 0 Å². The number of nitrogens with two attached hydrogens (primary N) is 1. The monoisotopic (exact) mass is 236 g/mol. The Morgan fingerprint density at radius 3 is 3.06 bits per heavy atom. The van der Waals surface area contributed by atoms with Crippen LogP contribution in [0.15, 0.2) is 12.4 Å². The third-order valence-corrected chi connectivity index (χ3v) is 3.08. The molecule has 1 aromatic heterocycles. The summed E-state index contributed by atoms with van der Waals surface area (Å²) < 4.78 is 0. The maximum absolute atomic E-state index is 5.29. The predicted molar refractivity (Wildman–Crippen MR) is 68.6 cm³/mol. The highest BCUT2D eigenvalue weighted by Crippen LogP contribution is 2.15. The van der Waals surface area contributed by atoms with Crippen LogP contribution in [0.3, 0.4) is 0 Å². The number of nitrogens with zero attached hydrogens (tertiary/aromatic N) is 3. The van der Waals surface area contributed by atoms with Crippen LogP contribution in [0.4, 0.5) is 11.6 Å². The van der Waals surface area contributed by atoms with Crippen molar-refractivity contribution in [3.63, 3.8) is 0 Å². The fourth-order valence-corrected chi connectivity index (χ4v) is 2.21. The minimum atomic E-state index is 0.579. The lowest BCUT2D eigenvalue weighted by Gasteiger charge is -2.29. The van der Waals surface area contributed by atoms with Gasteiger partial charge >= 0.3 is 0 Å². The summed E-state index contributed by atoms with van der Waals surface area (Å²) in [5, 5.41) is 3.31. The summed E-state index contributed by atoms with van der Waals surface area (Å²) in [6, 6.07) is 0. The van der Waals surface area contributed by atoms with Gasteiger partial charge in [0.1, 0.15) is 5.82 Å². The molecular formula is C11H20N6.